The second kappa shape index (κ2) is 7.42. The van der Waals surface area contributed by atoms with Gasteiger partial charge in [-0.25, -0.2) is 13.7 Å². The molecule has 1 aliphatic heterocycles. The maximum Gasteiger partial charge on any atom is 0.282 e. The number of nitrogens with zero attached hydrogens (tertiary/aromatic N) is 1. The summed E-state index contributed by atoms with van der Waals surface area (Å²) in [6.07, 6.45) is 0. The van der Waals surface area contributed by atoms with E-state index in [-0.39, 0.29) is 11.3 Å². The van der Waals surface area contributed by atoms with Crippen LogP contribution in [0.15, 0.2) is 59.6 Å². The Bertz CT molecular complexity index is 1180. The van der Waals surface area contributed by atoms with E-state index in [0.717, 1.165) is 18.2 Å². The summed E-state index contributed by atoms with van der Waals surface area (Å²) in [5.74, 6) is -3.14. The lowest BCUT2D eigenvalue weighted by Gasteiger charge is -2.16. The van der Waals surface area contributed by atoms with Gasteiger partial charge in [0.05, 0.1) is 11.3 Å². The fourth-order valence-electron chi connectivity index (χ4n) is 3.05. The van der Waals surface area contributed by atoms with Crippen molar-refractivity contribution in [1.82, 2.24) is 0 Å². The third kappa shape index (κ3) is 3.32. The van der Waals surface area contributed by atoms with Crippen LogP contribution in [0.4, 0.5) is 20.2 Å². The van der Waals surface area contributed by atoms with E-state index in [0.29, 0.717) is 26.1 Å². The van der Waals surface area contributed by atoms with Crippen LogP contribution < -0.4 is 10.2 Å². The molecule has 1 aliphatic rings. The van der Waals surface area contributed by atoms with Crippen LogP contribution in [0.5, 0.6) is 0 Å². The molecular weight excluding hydrogens is 418 g/mol. The van der Waals surface area contributed by atoms with Crippen LogP contribution in [0.3, 0.4) is 0 Å². The largest absolute Gasteiger partial charge is 0.350 e. The van der Waals surface area contributed by atoms with Crippen LogP contribution in [0.25, 0.3) is 5.57 Å². The fourth-order valence-corrected chi connectivity index (χ4v) is 3.99. The molecular formula is C21H13ClF2N2O2S. The number of rotatable bonds is 4. The molecule has 1 aromatic heterocycles. The molecule has 0 aliphatic carbocycles. The molecule has 0 bridgehead atoms. The van der Waals surface area contributed by atoms with Crippen molar-refractivity contribution in [2.75, 3.05) is 10.2 Å². The molecule has 4 rings (SSSR count). The Morgan fingerprint density at radius 1 is 1.03 bits per heavy atom. The molecule has 2 amide bonds. The Hall–Kier alpha value is -3.03. The topological polar surface area (TPSA) is 49.4 Å². The number of halogens is 3. The number of amides is 2. The monoisotopic (exact) mass is 430 g/mol. The van der Waals surface area contributed by atoms with Gasteiger partial charge in [-0.3, -0.25) is 9.59 Å². The molecule has 29 heavy (non-hydrogen) atoms. The van der Waals surface area contributed by atoms with Gasteiger partial charge in [-0.15, -0.1) is 11.3 Å². The van der Waals surface area contributed by atoms with Crippen LogP contribution in [0.1, 0.15) is 10.4 Å². The molecule has 3 aromatic rings. The average molecular weight is 431 g/mol. The summed E-state index contributed by atoms with van der Waals surface area (Å²) in [4.78, 5) is 27.5. The standard InChI is InChI=1S/C21H13ClF2N2O2S/c1-11-13(22)4-2-5-15(11)25-19-18(17-6-3-9-29-17)20(27)26(21(19)28)16-10-12(23)7-8-14(16)24/h2-10,25H,1H3. The van der Waals surface area contributed by atoms with Gasteiger partial charge in [-0.1, -0.05) is 23.7 Å². The van der Waals surface area contributed by atoms with Gasteiger partial charge in [-0.2, -0.15) is 0 Å². The minimum absolute atomic E-state index is 0.0218. The predicted octanol–water partition coefficient (Wildman–Crippen LogP) is 5.38. The molecule has 8 heteroatoms. The van der Waals surface area contributed by atoms with Gasteiger partial charge in [0.15, 0.2) is 0 Å². The first-order valence-electron chi connectivity index (χ1n) is 8.52. The molecule has 1 N–H and O–H groups in total. The molecule has 4 nitrogen and oxygen atoms in total. The van der Waals surface area contributed by atoms with Crippen molar-refractivity contribution in [3.05, 3.63) is 86.7 Å². The number of hydrogen-bond donors (Lipinski definition) is 1. The Labute approximate surface area is 174 Å². The second-order valence-corrected chi connectivity index (χ2v) is 7.66. The van der Waals surface area contributed by atoms with Crippen molar-refractivity contribution in [3.63, 3.8) is 0 Å². The zero-order valence-electron chi connectivity index (χ0n) is 15.0. The smallest absolute Gasteiger partial charge is 0.282 e. The third-order valence-corrected chi connectivity index (χ3v) is 5.82. The van der Waals surface area contributed by atoms with Crippen molar-refractivity contribution in [1.29, 1.82) is 0 Å². The quantitative estimate of drug-likeness (QED) is 0.565. The van der Waals surface area contributed by atoms with E-state index in [1.54, 1.807) is 42.6 Å². The zero-order valence-corrected chi connectivity index (χ0v) is 16.6. The van der Waals surface area contributed by atoms with Crippen molar-refractivity contribution in [3.8, 4) is 0 Å². The molecule has 0 atom stereocenters. The molecule has 146 valence electrons. The normalized spacial score (nSPS) is 14.1. The summed E-state index contributed by atoms with van der Waals surface area (Å²) in [7, 11) is 0. The SMILES string of the molecule is Cc1c(Cl)cccc1NC1=C(c2cccs2)C(=O)N(c2cc(F)ccc2F)C1=O. The Morgan fingerprint density at radius 3 is 2.55 bits per heavy atom. The fraction of sp³-hybridized carbons (Fsp3) is 0.0476. The average Bonchev–Trinajstić information content (AvgIpc) is 3.28. The van der Waals surface area contributed by atoms with E-state index < -0.39 is 29.1 Å². The molecule has 2 heterocycles. The van der Waals surface area contributed by atoms with Gasteiger partial charge in [0.25, 0.3) is 11.8 Å². The lowest BCUT2D eigenvalue weighted by atomic mass is 10.1. The van der Waals surface area contributed by atoms with Gasteiger partial charge in [0, 0.05) is 21.7 Å². The first-order valence-corrected chi connectivity index (χ1v) is 9.78. The maximum absolute atomic E-state index is 14.3. The number of carbonyl (C=O) groups is 2. The van der Waals surface area contributed by atoms with Gasteiger partial charge < -0.3 is 5.32 Å². The number of nitrogens with one attached hydrogen (secondary N) is 1. The summed E-state index contributed by atoms with van der Waals surface area (Å²) < 4.78 is 28.1. The number of thiophene rings is 1. The van der Waals surface area contributed by atoms with Gasteiger partial charge in [-0.05, 0) is 48.2 Å². The molecule has 0 saturated heterocycles. The highest BCUT2D eigenvalue weighted by Crippen LogP contribution is 2.37. The van der Waals surface area contributed by atoms with E-state index in [4.69, 9.17) is 11.6 Å². The minimum Gasteiger partial charge on any atom is -0.350 e. The summed E-state index contributed by atoms with van der Waals surface area (Å²) in [6, 6.07) is 11.2. The Balaban J connectivity index is 1.85. The van der Waals surface area contributed by atoms with E-state index in [1.807, 2.05) is 0 Å². The predicted molar refractivity (Wildman–Crippen MR) is 110 cm³/mol. The summed E-state index contributed by atoms with van der Waals surface area (Å²) in [5, 5.41) is 5.22. The van der Waals surface area contributed by atoms with Gasteiger partial charge in [0.2, 0.25) is 0 Å². The van der Waals surface area contributed by atoms with Crippen LogP contribution >= 0.6 is 22.9 Å². The highest BCUT2D eigenvalue weighted by atomic mass is 35.5. The Morgan fingerprint density at radius 2 is 1.83 bits per heavy atom. The van der Waals surface area contributed by atoms with Gasteiger partial charge in [0.1, 0.15) is 17.3 Å². The zero-order chi connectivity index (χ0) is 20.7. The number of benzene rings is 2. The summed E-state index contributed by atoms with van der Waals surface area (Å²) in [6.45, 7) is 1.77. The highest BCUT2D eigenvalue weighted by Gasteiger charge is 2.42. The van der Waals surface area contributed by atoms with E-state index in [1.165, 1.54) is 11.3 Å². The molecule has 0 radical (unpaired) electrons. The van der Waals surface area contributed by atoms with Crippen LogP contribution in [0.2, 0.25) is 5.02 Å². The second-order valence-electron chi connectivity index (χ2n) is 6.31. The number of imide groups is 1. The molecule has 0 fully saturated rings. The van der Waals surface area contributed by atoms with Crippen LogP contribution in [0, 0.1) is 18.6 Å². The number of hydrogen-bond acceptors (Lipinski definition) is 4. The van der Waals surface area contributed by atoms with Crippen molar-refractivity contribution >= 4 is 51.7 Å². The van der Waals surface area contributed by atoms with E-state index in [9.17, 15) is 18.4 Å². The number of carbonyl (C=O) groups excluding carboxylic acids is 2. The first-order chi connectivity index (χ1) is 13.9. The third-order valence-electron chi connectivity index (χ3n) is 4.53. The van der Waals surface area contributed by atoms with E-state index >= 15 is 0 Å². The van der Waals surface area contributed by atoms with Gasteiger partial charge >= 0.3 is 0 Å². The maximum atomic E-state index is 14.3. The summed E-state index contributed by atoms with van der Waals surface area (Å²) >= 11 is 7.42. The lowest BCUT2D eigenvalue weighted by molar-refractivity contribution is -0.120. The molecule has 0 spiro atoms. The number of anilines is 2. The van der Waals surface area contributed by atoms with Crippen LogP contribution in [-0.2, 0) is 9.59 Å². The van der Waals surface area contributed by atoms with Crippen molar-refractivity contribution in [2.45, 2.75) is 6.92 Å². The summed E-state index contributed by atoms with van der Waals surface area (Å²) in [5.41, 5.74) is 0.847. The Kier molecular flexibility index (Phi) is 4.94. The molecule has 2 aromatic carbocycles. The highest BCUT2D eigenvalue weighted by molar-refractivity contribution is 7.11. The first kappa shape index (κ1) is 19.3. The molecule has 0 unspecified atom stereocenters. The van der Waals surface area contributed by atoms with Crippen molar-refractivity contribution < 1.29 is 18.4 Å². The minimum atomic E-state index is -0.876. The molecule has 0 saturated carbocycles. The lowest BCUT2D eigenvalue weighted by Crippen LogP contribution is -2.33. The van der Waals surface area contributed by atoms with Crippen LogP contribution in [-0.4, -0.2) is 11.8 Å². The van der Waals surface area contributed by atoms with E-state index in [2.05, 4.69) is 5.32 Å². The van der Waals surface area contributed by atoms with Crippen molar-refractivity contribution in [2.24, 2.45) is 0 Å².